The molecule has 0 aliphatic rings. The van der Waals surface area contributed by atoms with Gasteiger partial charge < -0.3 is 43.5 Å². The average molecular weight is 562 g/mol. The molecule has 0 heterocycles. The van der Waals surface area contributed by atoms with E-state index in [0.717, 1.165) is 5.69 Å². The fraction of sp³-hybridized carbons (Fsp3) is 0.407. The van der Waals surface area contributed by atoms with Crippen molar-refractivity contribution in [3.63, 3.8) is 0 Å². The lowest BCUT2D eigenvalue weighted by molar-refractivity contribution is -0.141. The van der Waals surface area contributed by atoms with Gasteiger partial charge in [-0.15, -0.1) is 0 Å². The molecule has 13 heteroatoms. The third-order valence-corrected chi connectivity index (χ3v) is 5.58. The Morgan fingerprint density at radius 2 is 1.05 bits per heavy atom. The van der Waals surface area contributed by atoms with E-state index in [1.54, 1.807) is 49.5 Å². The van der Waals surface area contributed by atoms with Crippen LogP contribution in [0, 0.1) is 0 Å². The van der Waals surface area contributed by atoms with E-state index in [4.69, 9.17) is 28.4 Å². The van der Waals surface area contributed by atoms with Gasteiger partial charge in [0.25, 0.3) is 0 Å². The lowest BCUT2D eigenvalue weighted by Crippen LogP contribution is -2.36. The number of methoxy groups -OCH3 is 4. The van der Waals surface area contributed by atoms with Crippen molar-refractivity contribution in [2.75, 3.05) is 90.0 Å². The highest BCUT2D eigenvalue weighted by molar-refractivity contribution is 5.84. The van der Waals surface area contributed by atoms with Gasteiger partial charge in [-0.1, -0.05) is 12.1 Å². The second-order valence-corrected chi connectivity index (χ2v) is 8.11. The third-order valence-electron chi connectivity index (χ3n) is 5.58. The van der Waals surface area contributed by atoms with Crippen LogP contribution in [0.15, 0.2) is 42.5 Å². The molecule has 2 rings (SSSR count). The van der Waals surface area contributed by atoms with E-state index >= 15 is 0 Å². The highest BCUT2D eigenvalue weighted by Crippen LogP contribution is 2.32. The maximum absolute atomic E-state index is 12.0. The van der Waals surface area contributed by atoms with Crippen LogP contribution < -0.4 is 24.6 Å². The van der Waals surface area contributed by atoms with Crippen molar-refractivity contribution in [2.45, 2.75) is 0 Å². The van der Waals surface area contributed by atoms with Gasteiger partial charge in [0.05, 0.1) is 39.8 Å². The van der Waals surface area contributed by atoms with Crippen molar-refractivity contribution in [3.05, 3.63) is 42.5 Å². The number of carbonyl (C=O) groups is 4. The molecule has 218 valence electrons. The Hall–Kier alpha value is -4.68. The summed E-state index contributed by atoms with van der Waals surface area (Å²) in [7, 11) is 6.77. The molecule has 1 N–H and O–H groups in total. The zero-order valence-electron chi connectivity index (χ0n) is 23.3. The molecule has 0 aliphatic carbocycles. The molecule has 13 nitrogen and oxygen atoms in total. The third kappa shape index (κ3) is 9.57. The van der Waals surface area contributed by atoms with Crippen LogP contribution in [0.3, 0.4) is 0 Å². The largest absolute Gasteiger partial charge is 0.488 e. The van der Waals surface area contributed by atoms with E-state index in [1.807, 2.05) is 0 Å². The van der Waals surface area contributed by atoms with Crippen LogP contribution in [0.25, 0.3) is 0 Å². The predicted octanol–water partition coefficient (Wildman–Crippen LogP) is 1.49. The van der Waals surface area contributed by atoms with E-state index in [-0.39, 0.29) is 39.4 Å². The zero-order valence-corrected chi connectivity index (χ0v) is 23.3. The number of rotatable bonds is 16. The van der Waals surface area contributed by atoms with E-state index in [9.17, 15) is 19.2 Å². The van der Waals surface area contributed by atoms with Gasteiger partial charge in [-0.3, -0.25) is 19.2 Å². The summed E-state index contributed by atoms with van der Waals surface area (Å²) in [6, 6.07) is 12.1. The Bertz CT molecular complexity index is 1120. The van der Waals surface area contributed by atoms with Crippen LogP contribution in [0.5, 0.6) is 11.5 Å². The number of esters is 4. The number of hydrogen-bond acceptors (Lipinski definition) is 13. The Kier molecular flexibility index (Phi) is 12.9. The van der Waals surface area contributed by atoms with Gasteiger partial charge in [0.2, 0.25) is 0 Å². The average Bonchev–Trinajstić information content (AvgIpc) is 2.98. The quantitative estimate of drug-likeness (QED) is 0.180. The van der Waals surface area contributed by atoms with Crippen molar-refractivity contribution in [2.24, 2.45) is 0 Å². The summed E-state index contributed by atoms with van der Waals surface area (Å²) in [6.45, 7) is -0.648. The number of ether oxygens (including phenoxy) is 6. The minimum absolute atomic E-state index is 0.0762. The standard InChI is InChI=1S/C27H35N3O10/c1-28-19-10-11-21(30(17-26(33)37-4)18-27(34)38-5)23(14-19)40-13-12-39-22-9-7-6-8-20(22)29(15-24(31)35-2)16-25(32)36-3/h6-11,14,28H,12-13,15-18H2,1-5H3. The Morgan fingerprint density at radius 3 is 1.50 bits per heavy atom. The second kappa shape index (κ2) is 16.3. The molecule has 0 atom stereocenters. The summed E-state index contributed by atoms with van der Waals surface area (Å²) in [4.78, 5) is 50.9. The van der Waals surface area contributed by atoms with E-state index in [0.29, 0.717) is 22.9 Å². The monoisotopic (exact) mass is 561 g/mol. The van der Waals surface area contributed by atoms with Crippen LogP contribution in [0.1, 0.15) is 0 Å². The molecule has 0 aromatic heterocycles. The summed E-state index contributed by atoms with van der Waals surface area (Å²) < 4.78 is 31.0. The Balaban J connectivity index is 2.22. The number of anilines is 3. The number of benzene rings is 2. The maximum Gasteiger partial charge on any atom is 0.325 e. The molecule has 0 spiro atoms. The van der Waals surface area contributed by atoms with Crippen LogP contribution >= 0.6 is 0 Å². The maximum atomic E-state index is 12.0. The van der Waals surface area contributed by atoms with Crippen LogP contribution in [-0.4, -0.2) is 98.8 Å². The molecule has 0 saturated heterocycles. The second-order valence-electron chi connectivity index (χ2n) is 8.11. The van der Waals surface area contributed by atoms with Crippen LogP contribution in [0.4, 0.5) is 17.1 Å². The molecule has 2 aromatic carbocycles. The number of hydrogen-bond donors (Lipinski definition) is 1. The highest BCUT2D eigenvalue weighted by Gasteiger charge is 2.21. The number of nitrogens with one attached hydrogen (secondary N) is 1. The Morgan fingerprint density at radius 1 is 0.625 bits per heavy atom. The minimum atomic E-state index is -0.545. The van der Waals surface area contributed by atoms with Gasteiger partial charge in [0, 0.05) is 18.8 Å². The van der Waals surface area contributed by atoms with Crippen molar-refractivity contribution >= 4 is 40.9 Å². The topological polar surface area (TPSA) is 142 Å². The van der Waals surface area contributed by atoms with E-state index in [1.165, 1.54) is 38.2 Å². The lowest BCUT2D eigenvalue weighted by Gasteiger charge is -2.26. The molecule has 0 aliphatic heterocycles. The molecule has 40 heavy (non-hydrogen) atoms. The molecule has 0 bridgehead atoms. The minimum Gasteiger partial charge on any atom is -0.488 e. The van der Waals surface area contributed by atoms with Crippen molar-refractivity contribution in [1.82, 2.24) is 0 Å². The smallest absolute Gasteiger partial charge is 0.325 e. The molecular formula is C27H35N3O10. The number of nitrogens with zero attached hydrogens (tertiary/aromatic N) is 2. The van der Waals surface area contributed by atoms with Crippen LogP contribution in [0.2, 0.25) is 0 Å². The lowest BCUT2D eigenvalue weighted by atomic mass is 10.2. The predicted molar refractivity (Wildman–Crippen MR) is 146 cm³/mol. The summed E-state index contributed by atoms with van der Waals surface area (Å²) >= 11 is 0. The zero-order chi connectivity index (χ0) is 29.5. The number of carbonyl (C=O) groups excluding carboxylic acids is 4. The van der Waals surface area contributed by atoms with Gasteiger partial charge in [0.1, 0.15) is 50.9 Å². The van der Waals surface area contributed by atoms with Gasteiger partial charge in [0.15, 0.2) is 0 Å². The first-order valence-corrected chi connectivity index (χ1v) is 12.2. The molecule has 2 aromatic rings. The van der Waals surface area contributed by atoms with Crippen LogP contribution in [-0.2, 0) is 38.1 Å². The van der Waals surface area contributed by atoms with Crippen molar-refractivity contribution in [1.29, 1.82) is 0 Å². The molecule has 0 radical (unpaired) electrons. The summed E-state index contributed by atoms with van der Waals surface area (Å²) in [5.41, 5.74) is 1.69. The molecular weight excluding hydrogens is 526 g/mol. The van der Waals surface area contributed by atoms with E-state index in [2.05, 4.69) is 5.32 Å². The van der Waals surface area contributed by atoms with E-state index < -0.39 is 23.9 Å². The van der Waals surface area contributed by atoms with Gasteiger partial charge in [-0.2, -0.15) is 0 Å². The fourth-order valence-electron chi connectivity index (χ4n) is 3.52. The van der Waals surface area contributed by atoms with Gasteiger partial charge >= 0.3 is 23.9 Å². The molecule has 0 saturated carbocycles. The normalized spacial score (nSPS) is 10.1. The summed E-state index contributed by atoms with van der Waals surface area (Å²) in [5.74, 6) is -1.38. The first-order valence-electron chi connectivity index (χ1n) is 12.2. The van der Waals surface area contributed by atoms with Crippen molar-refractivity contribution in [3.8, 4) is 11.5 Å². The Labute approximate surface area is 232 Å². The highest BCUT2D eigenvalue weighted by atomic mass is 16.5. The summed E-state index contributed by atoms with van der Waals surface area (Å²) in [6.07, 6.45) is 0. The number of para-hydroxylation sites is 2. The van der Waals surface area contributed by atoms with Crippen molar-refractivity contribution < 1.29 is 47.6 Å². The van der Waals surface area contributed by atoms with Gasteiger partial charge in [-0.25, -0.2) is 0 Å². The molecule has 0 unspecified atom stereocenters. The summed E-state index contributed by atoms with van der Waals surface area (Å²) in [5, 5.41) is 3.02. The van der Waals surface area contributed by atoms with Gasteiger partial charge in [-0.05, 0) is 24.3 Å². The molecule has 0 fully saturated rings. The first kappa shape index (κ1) is 31.5. The first-order chi connectivity index (χ1) is 19.3. The molecule has 0 amide bonds. The SMILES string of the molecule is CNc1ccc(N(CC(=O)OC)CC(=O)OC)c(OCCOc2ccccc2N(CC(=O)OC)CC(=O)OC)c1. The fourth-order valence-corrected chi connectivity index (χ4v) is 3.52.